The molecular weight excluding hydrogens is 408 g/mol. The summed E-state index contributed by atoms with van der Waals surface area (Å²) in [4.78, 5) is 42.3. The van der Waals surface area contributed by atoms with Crippen LogP contribution in [-0.4, -0.2) is 15.5 Å². The van der Waals surface area contributed by atoms with E-state index < -0.39 is 11.2 Å². The number of furan rings is 1. The van der Waals surface area contributed by atoms with E-state index in [1.807, 2.05) is 30.3 Å². The minimum atomic E-state index is -0.683. The number of rotatable bonds is 8. The summed E-state index contributed by atoms with van der Waals surface area (Å²) in [7, 11) is 0. The van der Waals surface area contributed by atoms with Crippen molar-refractivity contribution in [1.29, 1.82) is 0 Å². The average molecular weight is 437 g/mol. The van der Waals surface area contributed by atoms with Crippen molar-refractivity contribution in [3.63, 3.8) is 0 Å². The Morgan fingerprint density at radius 1 is 1.12 bits per heavy atom. The van der Waals surface area contributed by atoms with E-state index in [-0.39, 0.29) is 30.5 Å². The maximum atomic E-state index is 13.3. The fraction of sp³-hybridized carbons (Fsp3) is 0.375. The normalized spacial score (nSPS) is 14.0. The molecule has 1 amide bonds. The van der Waals surface area contributed by atoms with Crippen LogP contribution in [0, 0.1) is 5.92 Å². The molecule has 0 aliphatic heterocycles. The predicted molar refractivity (Wildman–Crippen MR) is 122 cm³/mol. The lowest BCUT2D eigenvalue weighted by atomic mass is 10.0. The van der Waals surface area contributed by atoms with Crippen LogP contribution in [0.4, 0.5) is 11.5 Å². The molecule has 1 aliphatic rings. The average Bonchev–Trinajstić information content (AvgIpc) is 3.49. The zero-order valence-electron chi connectivity index (χ0n) is 18.0. The van der Waals surface area contributed by atoms with Gasteiger partial charge in [0.05, 0.1) is 19.4 Å². The second kappa shape index (κ2) is 9.72. The first-order valence-corrected chi connectivity index (χ1v) is 11.0. The highest BCUT2D eigenvalue weighted by molar-refractivity contribution is 5.95. The number of nitrogens with two attached hydrogens (primary N) is 1. The van der Waals surface area contributed by atoms with E-state index in [2.05, 4.69) is 4.98 Å². The Labute approximate surface area is 185 Å². The number of carbonyl (C=O) groups excluding carboxylic acids is 1. The van der Waals surface area contributed by atoms with Gasteiger partial charge in [0.2, 0.25) is 5.91 Å². The first-order chi connectivity index (χ1) is 15.5. The molecule has 1 fully saturated rings. The summed E-state index contributed by atoms with van der Waals surface area (Å²) in [6, 6.07) is 12.8. The minimum absolute atomic E-state index is 0.0200. The summed E-state index contributed by atoms with van der Waals surface area (Å²) in [5.41, 5.74) is 5.87. The topological polar surface area (TPSA) is 114 Å². The Morgan fingerprint density at radius 3 is 2.56 bits per heavy atom. The van der Waals surface area contributed by atoms with Gasteiger partial charge in [-0.25, -0.2) is 4.79 Å². The van der Waals surface area contributed by atoms with Crippen LogP contribution < -0.4 is 21.9 Å². The van der Waals surface area contributed by atoms with Crippen molar-refractivity contribution in [2.75, 3.05) is 10.6 Å². The maximum Gasteiger partial charge on any atom is 0.330 e. The molecule has 0 radical (unpaired) electrons. The number of hydrogen-bond acceptors (Lipinski definition) is 5. The van der Waals surface area contributed by atoms with Crippen molar-refractivity contribution in [1.82, 2.24) is 9.55 Å². The largest absolute Gasteiger partial charge is 0.467 e. The molecule has 168 valence electrons. The third kappa shape index (κ3) is 4.85. The van der Waals surface area contributed by atoms with Gasteiger partial charge in [-0.1, -0.05) is 56.0 Å². The van der Waals surface area contributed by atoms with Gasteiger partial charge in [-0.15, -0.1) is 0 Å². The lowest BCUT2D eigenvalue weighted by molar-refractivity contribution is -0.119. The Balaban J connectivity index is 1.68. The first kappa shape index (κ1) is 21.7. The Hall–Kier alpha value is -3.55. The number of aromatic nitrogens is 2. The van der Waals surface area contributed by atoms with Crippen molar-refractivity contribution in [2.45, 2.75) is 51.6 Å². The molecule has 3 N–H and O–H groups in total. The molecule has 1 saturated carbocycles. The highest BCUT2D eigenvalue weighted by atomic mass is 16.3. The first-order valence-electron chi connectivity index (χ1n) is 11.0. The van der Waals surface area contributed by atoms with Crippen molar-refractivity contribution >= 4 is 17.4 Å². The third-order valence-electron chi connectivity index (χ3n) is 6.10. The van der Waals surface area contributed by atoms with Gasteiger partial charge in [-0.05, 0) is 30.0 Å². The summed E-state index contributed by atoms with van der Waals surface area (Å²) in [6.45, 7) is 0.244. The highest BCUT2D eigenvalue weighted by Gasteiger charge is 2.26. The molecule has 32 heavy (non-hydrogen) atoms. The highest BCUT2D eigenvalue weighted by Crippen LogP contribution is 2.29. The van der Waals surface area contributed by atoms with E-state index in [1.165, 1.54) is 28.6 Å². The fourth-order valence-electron chi connectivity index (χ4n) is 4.37. The Bertz CT molecular complexity index is 1160. The van der Waals surface area contributed by atoms with E-state index >= 15 is 0 Å². The number of carbonyl (C=O) groups is 1. The summed E-state index contributed by atoms with van der Waals surface area (Å²) < 4.78 is 6.71. The summed E-state index contributed by atoms with van der Waals surface area (Å²) >= 11 is 0. The van der Waals surface area contributed by atoms with E-state index in [9.17, 15) is 14.4 Å². The fourth-order valence-corrected chi connectivity index (χ4v) is 4.37. The van der Waals surface area contributed by atoms with Crippen LogP contribution in [0.3, 0.4) is 0 Å². The van der Waals surface area contributed by atoms with Crippen LogP contribution in [0.5, 0.6) is 0 Å². The Morgan fingerprint density at radius 2 is 1.88 bits per heavy atom. The van der Waals surface area contributed by atoms with Crippen LogP contribution >= 0.6 is 0 Å². The molecule has 1 aliphatic carbocycles. The predicted octanol–water partition coefficient (Wildman–Crippen LogP) is 3.26. The van der Waals surface area contributed by atoms with Crippen LogP contribution in [0.15, 0.2) is 62.7 Å². The van der Waals surface area contributed by atoms with E-state index in [0.717, 1.165) is 24.8 Å². The Kier molecular flexibility index (Phi) is 6.58. The van der Waals surface area contributed by atoms with Crippen molar-refractivity contribution in [3.05, 3.63) is 80.9 Å². The van der Waals surface area contributed by atoms with Crippen molar-refractivity contribution in [2.24, 2.45) is 5.92 Å². The number of amides is 1. The summed E-state index contributed by atoms with van der Waals surface area (Å²) in [5.74, 6) is 0.810. The van der Waals surface area contributed by atoms with Gasteiger partial charge < -0.3 is 10.2 Å². The zero-order chi connectivity index (χ0) is 22.5. The molecule has 8 heteroatoms. The zero-order valence-corrected chi connectivity index (χ0v) is 18.0. The van der Waals surface area contributed by atoms with E-state index in [0.29, 0.717) is 18.1 Å². The third-order valence-corrected chi connectivity index (χ3v) is 6.10. The summed E-state index contributed by atoms with van der Waals surface area (Å²) in [5, 5.41) is 0. The molecule has 3 aromatic rings. The van der Waals surface area contributed by atoms with Crippen LogP contribution in [0.2, 0.25) is 0 Å². The molecule has 2 aromatic heterocycles. The summed E-state index contributed by atoms with van der Waals surface area (Å²) in [6.07, 6.45) is 7.27. The molecule has 0 saturated heterocycles. The van der Waals surface area contributed by atoms with Gasteiger partial charge in [-0.3, -0.25) is 24.0 Å². The second-order valence-electron chi connectivity index (χ2n) is 8.31. The van der Waals surface area contributed by atoms with Crippen LogP contribution in [-0.2, 0) is 17.9 Å². The molecule has 0 spiro atoms. The van der Waals surface area contributed by atoms with Gasteiger partial charge >= 0.3 is 5.69 Å². The van der Waals surface area contributed by atoms with Gasteiger partial charge in [0.1, 0.15) is 11.6 Å². The SMILES string of the molecule is Nc1c(N(Cc2ccco2)C(=O)CCC2CCCC2)c(=O)[nH]c(=O)n1Cc1ccccc1. The molecule has 0 bridgehead atoms. The molecular formula is C24H28N4O4. The van der Waals surface area contributed by atoms with E-state index in [4.69, 9.17) is 10.2 Å². The van der Waals surface area contributed by atoms with Crippen LogP contribution in [0.25, 0.3) is 0 Å². The molecule has 0 atom stereocenters. The van der Waals surface area contributed by atoms with Gasteiger partial charge in [0, 0.05) is 6.42 Å². The van der Waals surface area contributed by atoms with Crippen molar-refractivity contribution in [3.8, 4) is 0 Å². The lowest BCUT2D eigenvalue weighted by Gasteiger charge is -2.24. The molecule has 8 nitrogen and oxygen atoms in total. The number of hydrogen-bond donors (Lipinski definition) is 2. The van der Waals surface area contributed by atoms with Gasteiger partial charge in [0.25, 0.3) is 5.56 Å². The molecule has 1 aromatic carbocycles. The number of anilines is 2. The molecule has 0 unspecified atom stereocenters. The monoisotopic (exact) mass is 436 g/mol. The van der Waals surface area contributed by atoms with Crippen molar-refractivity contribution < 1.29 is 9.21 Å². The molecule has 4 rings (SSSR count). The van der Waals surface area contributed by atoms with Crippen LogP contribution in [0.1, 0.15) is 49.8 Å². The second-order valence-corrected chi connectivity index (χ2v) is 8.31. The number of nitrogen functional groups attached to an aromatic ring is 1. The van der Waals surface area contributed by atoms with Gasteiger partial charge in [0.15, 0.2) is 5.69 Å². The van der Waals surface area contributed by atoms with E-state index in [1.54, 1.807) is 12.1 Å². The maximum absolute atomic E-state index is 13.3. The number of H-pyrrole nitrogens is 1. The lowest BCUT2D eigenvalue weighted by Crippen LogP contribution is -2.41. The number of aromatic amines is 1. The molecule has 2 heterocycles. The number of nitrogens with zero attached hydrogens (tertiary/aromatic N) is 2. The standard InChI is InChI=1S/C24H28N4O4/c25-22-21(23(30)26-24(31)28(22)15-18-9-2-1-3-10-18)27(16-19-11-6-14-32-19)20(29)13-12-17-7-4-5-8-17/h1-3,6,9-11,14,17H,4-5,7-8,12-13,15-16,25H2,(H,26,30,31). The minimum Gasteiger partial charge on any atom is -0.467 e. The van der Waals surface area contributed by atoms with Gasteiger partial charge in [-0.2, -0.15) is 0 Å². The number of benzene rings is 1. The quantitative estimate of drug-likeness (QED) is 0.562. The number of nitrogens with one attached hydrogen (secondary N) is 1. The smallest absolute Gasteiger partial charge is 0.330 e.